The van der Waals surface area contributed by atoms with Gasteiger partial charge in [0, 0.05) is 23.2 Å². The SMILES string of the molecule is CC1=CC(c2c(O)cc(-c3ccccn3)cc2C2CC2)CCC1. The van der Waals surface area contributed by atoms with Gasteiger partial charge in [-0.25, -0.2) is 0 Å². The Bertz CT molecular complexity index is 744. The molecule has 0 amide bonds. The van der Waals surface area contributed by atoms with E-state index in [0.29, 0.717) is 17.6 Å². The summed E-state index contributed by atoms with van der Waals surface area (Å²) in [5.41, 5.74) is 5.95. The zero-order chi connectivity index (χ0) is 15.8. The van der Waals surface area contributed by atoms with Gasteiger partial charge in [0.2, 0.25) is 0 Å². The van der Waals surface area contributed by atoms with Crippen molar-refractivity contribution >= 4 is 0 Å². The second-order valence-corrected chi connectivity index (χ2v) is 7.00. The fraction of sp³-hybridized carbons (Fsp3) is 0.381. The molecule has 2 aliphatic rings. The van der Waals surface area contributed by atoms with Gasteiger partial charge < -0.3 is 5.11 Å². The van der Waals surface area contributed by atoms with Crippen molar-refractivity contribution in [2.24, 2.45) is 0 Å². The zero-order valence-electron chi connectivity index (χ0n) is 13.6. The number of nitrogens with zero attached hydrogens (tertiary/aromatic N) is 1. The molecule has 4 rings (SSSR count). The number of phenolic OH excluding ortho intramolecular Hbond substituents is 1. The van der Waals surface area contributed by atoms with Crippen LogP contribution in [0.2, 0.25) is 0 Å². The van der Waals surface area contributed by atoms with Crippen molar-refractivity contribution in [3.63, 3.8) is 0 Å². The molecule has 2 heteroatoms. The summed E-state index contributed by atoms with van der Waals surface area (Å²) in [4.78, 5) is 4.44. The predicted octanol–water partition coefficient (Wildman–Crippen LogP) is 5.55. The Morgan fingerprint density at radius 1 is 1.13 bits per heavy atom. The van der Waals surface area contributed by atoms with Gasteiger partial charge in [0.05, 0.1) is 5.69 Å². The number of hydrogen-bond acceptors (Lipinski definition) is 2. The van der Waals surface area contributed by atoms with Crippen LogP contribution < -0.4 is 0 Å². The van der Waals surface area contributed by atoms with Crippen LogP contribution >= 0.6 is 0 Å². The number of aromatic hydroxyl groups is 1. The molecule has 0 bridgehead atoms. The Labute approximate surface area is 137 Å². The Morgan fingerprint density at radius 3 is 2.70 bits per heavy atom. The number of phenols is 1. The Balaban J connectivity index is 1.82. The minimum absolute atomic E-state index is 0.372. The van der Waals surface area contributed by atoms with Gasteiger partial charge in [-0.1, -0.05) is 17.7 Å². The third-order valence-electron chi connectivity index (χ3n) is 5.11. The average molecular weight is 305 g/mol. The molecule has 2 aliphatic carbocycles. The Hall–Kier alpha value is -2.09. The second-order valence-electron chi connectivity index (χ2n) is 7.00. The van der Waals surface area contributed by atoms with Crippen LogP contribution in [-0.2, 0) is 0 Å². The smallest absolute Gasteiger partial charge is 0.120 e. The maximum atomic E-state index is 10.8. The highest BCUT2D eigenvalue weighted by Crippen LogP contribution is 2.49. The second kappa shape index (κ2) is 5.84. The average Bonchev–Trinajstić information content (AvgIpc) is 3.40. The van der Waals surface area contributed by atoms with E-state index in [1.165, 1.54) is 42.4 Å². The maximum Gasteiger partial charge on any atom is 0.120 e. The maximum absolute atomic E-state index is 10.8. The largest absolute Gasteiger partial charge is 0.508 e. The van der Waals surface area contributed by atoms with Gasteiger partial charge in [-0.15, -0.1) is 0 Å². The van der Waals surface area contributed by atoms with Crippen LogP contribution in [0.25, 0.3) is 11.3 Å². The van der Waals surface area contributed by atoms with Gasteiger partial charge in [-0.05, 0) is 74.8 Å². The Morgan fingerprint density at radius 2 is 2.00 bits per heavy atom. The number of allylic oxidation sites excluding steroid dienone is 2. The fourth-order valence-corrected chi connectivity index (χ4v) is 3.82. The minimum Gasteiger partial charge on any atom is -0.508 e. The van der Waals surface area contributed by atoms with Crippen molar-refractivity contribution in [1.82, 2.24) is 4.98 Å². The number of aromatic nitrogens is 1. The number of benzene rings is 1. The summed E-state index contributed by atoms with van der Waals surface area (Å²) in [6.45, 7) is 2.21. The van der Waals surface area contributed by atoms with E-state index in [1.54, 1.807) is 0 Å². The lowest BCUT2D eigenvalue weighted by Gasteiger charge is -2.24. The molecule has 1 N–H and O–H groups in total. The van der Waals surface area contributed by atoms with Gasteiger partial charge in [-0.2, -0.15) is 0 Å². The molecule has 1 heterocycles. The highest BCUT2D eigenvalue weighted by molar-refractivity contribution is 5.66. The first kappa shape index (κ1) is 14.5. The molecule has 1 unspecified atom stereocenters. The van der Waals surface area contributed by atoms with Gasteiger partial charge >= 0.3 is 0 Å². The molecule has 1 aromatic heterocycles. The molecule has 0 aliphatic heterocycles. The summed E-state index contributed by atoms with van der Waals surface area (Å²) in [6.07, 6.45) is 10.2. The molecule has 1 aromatic carbocycles. The molecule has 1 saturated carbocycles. The van der Waals surface area contributed by atoms with E-state index in [4.69, 9.17) is 0 Å². The summed E-state index contributed by atoms with van der Waals surface area (Å²) in [5.74, 6) is 1.44. The van der Waals surface area contributed by atoms with E-state index >= 15 is 0 Å². The zero-order valence-corrected chi connectivity index (χ0v) is 13.6. The van der Waals surface area contributed by atoms with E-state index in [9.17, 15) is 5.11 Å². The van der Waals surface area contributed by atoms with Gasteiger partial charge in [0.1, 0.15) is 5.75 Å². The topological polar surface area (TPSA) is 33.1 Å². The number of rotatable bonds is 3. The lowest BCUT2D eigenvalue weighted by atomic mass is 9.81. The van der Waals surface area contributed by atoms with E-state index in [-0.39, 0.29) is 0 Å². The van der Waals surface area contributed by atoms with Crippen LogP contribution in [0.4, 0.5) is 0 Å². The fourth-order valence-electron chi connectivity index (χ4n) is 3.82. The van der Waals surface area contributed by atoms with Gasteiger partial charge in [0.25, 0.3) is 0 Å². The van der Waals surface area contributed by atoms with Crippen LogP contribution in [-0.4, -0.2) is 10.1 Å². The molecular weight excluding hydrogens is 282 g/mol. The monoisotopic (exact) mass is 305 g/mol. The van der Waals surface area contributed by atoms with Crippen molar-refractivity contribution < 1.29 is 5.11 Å². The summed E-state index contributed by atoms with van der Waals surface area (Å²) < 4.78 is 0. The molecule has 1 atom stereocenters. The first-order valence-electron chi connectivity index (χ1n) is 8.68. The van der Waals surface area contributed by atoms with E-state index in [2.05, 4.69) is 24.1 Å². The first-order valence-corrected chi connectivity index (χ1v) is 8.68. The van der Waals surface area contributed by atoms with Crippen molar-refractivity contribution in [2.45, 2.75) is 50.9 Å². The lowest BCUT2D eigenvalue weighted by Crippen LogP contribution is -2.06. The summed E-state index contributed by atoms with van der Waals surface area (Å²) in [7, 11) is 0. The van der Waals surface area contributed by atoms with Crippen molar-refractivity contribution in [3.8, 4) is 17.0 Å². The molecule has 2 aromatic rings. The van der Waals surface area contributed by atoms with Crippen LogP contribution in [0.1, 0.15) is 62.0 Å². The van der Waals surface area contributed by atoms with E-state index in [1.807, 2.05) is 30.5 Å². The quantitative estimate of drug-likeness (QED) is 0.755. The van der Waals surface area contributed by atoms with Crippen LogP contribution in [0.5, 0.6) is 5.75 Å². The van der Waals surface area contributed by atoms with Crippen LogP contribution in [0.3, 0.4) is 0 Å². The first-order chi connectivity index (χ1) is 11.2. The summed E-state index contributed by atoms with van der Waals surface area (Å²) in [6, 6.07) is 10.1. The standard InChI is InChI=1S/C21H23NO/c1-14-5-4-6-16(11-14)21-18(15-8-9-15)12-17(13-20(21)23)19-7-2-3-10-22-19/h2-3,7,10-13,15-16,23H,4-6,8-9H2,1H3. The predicted molar refractivity (Wildman–Crippen MR) is 93.7 cm³/mol. The van der Waals surface area contributed by atoms with Gasteiger partial charge in [0.15, 0.2) is 0 Å². The van der Waals surface area contributed by atoms with Crippen molar-refractivity contribution in [1.29, 1.82) is 0 Å². The third-order valence-corrected chi connectivity index (χ3v) is 5.11. The molecule has 23 heavy (non-hydrogen) atoms. The highest BCUT2D eigenvalue weighted by Gasteiger charge is 2.31. The molecular formula is C21H23NO. The minimum atomic E-state index is 0.372. The van der Waals surface area contributed by atoms with Crippen LogP contribution in [0, 0.1) is 0 Å². The normalized spacial score (nSPS) is 21.1. The third kappa shape index (κ3) is 2.90. The molecule has 118 valence electrons. The Kier molecular flexibility index (Phi) is 3.68. The highest BCUT2D eigenvalue weighted by atomic mass is 16.3. The molecule has 0 radical (unpaired) electrons. The van der Waals surface area contributed by atoms with E-state index < -0.39 is 0 Å². The summed E-state index contributed by atoms with van der Waals surface area (Å²) in [5, 5.41) is 10.8. The molecule has 0 spiro atoms. The number of pyridine rings is 1. The van der Waals surface area contributed by atoms with Crippen molar-refractivity contribution in [3.05, 3.63) is 59.3 Å². The molecule has 2 nitrogen and oxygen atoms in total. The lowest BCUT2D eigenvalue weighted by molar-refractivity contribution is 0.460. The summed E-state index contributed by atoms with van der Waals surface area (Å²) >= 11 is 0. The van der Waals surface area contributed by atoms with E-state index in [0.717, 1.165) is 17.7 Å². The molecule has 0 saturated heterocycles. The van der Waals surface area contributed by atoms with Crippen molar-refractivity contribution in [2.75, 3.05) is 0 Å². The number of hydrogen-bond donors (Lipinski definition) is 1. The molecule has 1 fully saturated rings. The van der Waals surface area contributed by atoms with Crippen LogP contribution in [0.15, 0.2) is 48.2 Å². The van der Waals surface area contributed by atoms with Gasteiger partial charge in [-0.3, -0.25) is 4.98 Å².